The first kappa shape index (κ1) is 10.0. The molecule has 1 saturated carbocycles. The maximum absolute atomic E-state index is 12.5. The summed E-state index contributed by atoms with van der Waals surface area (Å²) in [5, 5.41) is 8.55. The number of nitriles is 1. The fraction of sp³-hybridized carbons (Fsp3) is 0.364. The van der Waals surface area contributed by atoms with Crippen LogP contribution < -0.4 is 0 Å². The minimum atomic E-state index is -4.47. The maximum Gasteiger partial charge on any atom is 0.417 e. The summed E-state index contributed by atoms with van der Waals surface area (Å²) in [5.41, 5.74) is -0.650. The average molecular weight is 210 g/mol. The highest BCUT2D eigenvalue weighted by Crippen LogP contribution is 2.42. The highest BCUT2D eigenvalue weighted by Gasteiger charge is 2.35. The predicted octanol–water partition coefficient (Wildman–Crippen LogP) is 3.25. The second-order valence-electron chi connectivity index (χ2n) is 3.61. The zero-order valence-electron chi connectivity index (χ0n) is 7.73. The van der Waals surface area contributed by atoms with Gasteiger partial charge in [-0.2, -0.15) is 18.4 Å². The predicted molar refractivity (Wildman–Crippen MR) is 47.0 cm³/mol. The molecule has 15 heavy (non-hydrogen) atoms. The lowest BCUT2D eigenvalue weighted by Crippen LogP contribution is -2.08. The van der Waals surface area contributed by atoms with Gasteiger partial charge in [0, 0.05) is 6.07 Å². The van der Waals surface area contributed by atoms with Crippen molar-refractivity contribution in [2.24, 2.45) is 0 Å². The van der Waals surface area contributed by atoms with Crippen LogP contribution in [0.1, 0.15) is 35.4 Å². The largest absolute Gasteiger partial charge is 0.417 e. The van der Waals surface area contributed by atoms with E-state index in [4.69, 9.17) is 5.26 Å². The molecule has 1 aromatic carbocycles. The number of rotatable bonds is 1. The van der Waals surface area contributed by atoms with Gasteiger partial charge in [-0.25, -0.2) is 0 Å². The average Bonchev–Trinajstić information content (AvgIpc) is 2.98. The lowest BCUT2D eigenvalue weighted by molar-refractivity contribution is -0.137. The van der Waals surface area contributed by atoms with Gasteiger partial charge in [0.15, 0.2) is 0 Å². The van der Waals surface area contributed by atoms with E-state index in [1.54, 1.807) is 0 Å². The molecule has 0 bridgehead atoms. The van der Waals surface area contributed by atoms with Crippen molar-refractivity contribution < 1.29 is 13.2 Å². The lowest BCUT2D eigenvalue weighted by atomic mass is 10.0. The molecule has 77 valence electrons. The van der Waals surface area contributed by atoms with Gasteiger partial charge in [-0.15, -0.1) is 0 Å². The van der Waals surface area contributed by atoms with Gasteiger partial charge in [-0.05, 0) is 36.5 Å². The highest BCUT2D eigenvalue weighted by atomic mass is 19.4. The first-order valence-corrected chi connectivity index (χ1v) is 4.55. The van der Waals surface area contributed by atoms with E-state index in [1.807, 2.05) is 0 Å². The van der Waals surface area contributed by atoms with E-state index >= 15 is 0 Å². The molecule has 0 saturated heterocycles. The van der Waals surface area contributed by atoms with Crippen LogP contribution in [0, 0.1) is 17.4 Å². The topological polar surface area (TPSA) is 23.8 Å². The molecule has 0 aromatic heterocycles. The third kappa shape index (κ3) is 1.96. The van der Waals surface area contributed by atoms with Gasteiger partial charge in [0.1, 0.15) is 6.07 Å². The van der Waals surface area contributed by atoms with Crippen LogP contribution in [0.2, 0.25) is 0 Å². The Morgan fingerprint density at radius 1 is 1.40 bits per heavy atom. The van der Waals surface area contributed by atoms with Crippen LogP contribution in [0.15, 0.2) is 12.1 Å². The Bertz CT molecular complexity index is 424. The quantitative estimate of drug-likeness (QED) is 0.697. The van der Waals surface area contributed by atoms with Crippen molar-refractivity contribution in [3.8, 4) is 6.07 Å². The van der Waals surface area contributed by atoms with E-state index in [0.29, 0.717) is 5.56 Å². The summed E-state index contributed by atoms with van der Waals surface area (Å²) in [7, 11) is 0. The van der Waals surface area contributed by atoms with Gasteiger partial charge >= 0.3 is 6.18 Å². The van der Waals surface area contributed by atoms with Crippen molar-refractivity contribution in [3.63, 3.8) is 0 Å². The number of benzene rings is 1. The smallest absolute Gasteiger partial charge is 0.192 e. The lowest BCUT2D eigenvalue weighted by Gasteiger charge is -2.09. The van der Waals surface area contributed by atoms with Gasteiger partial charge in [-0.3, -0.25) is 0 Å². The fourth-order valence-corrected chi connectivity index (χ4v) is 1.48. The van der Waals surface area contributed by atoms with Crippen molar-refractivity contribution >= 4 is 0 Å². The highest BCUT2D eigenvalue weighted by molar-refractivity contribution is 5.42. The van der Waals surface area contributed by atoms with Gasteiger partial charge in [0.25, 0.3) is 0 Å². The van der Waals surface area contributed by atoms with Crippen LogP contribution in [0.25, 0.3) is 0 Å². The molecule has 1 radical (unpaired) electrons. The Morgan fingerprint density at radius 2 is 2.07 bits per heavy atom. The monoisotopic (exact) mass is 210 g/mol. The molecule has 0 heterocycles. The fourth-order valence-electron chi connectivity index (χ4n) is 1.48. The van der Waals surface area contributed by atoms with Crippen molar-refractivity contribution in [1.82, 2.24) is 0 Å². The van der Waals surface area contributed by atoms with Gasteiger partial charge in [0.05, 0.1) is 11.1 Å². The number of halogens is 3. The van der Waals surface area contributed by atoms with E-state index in [0.717, 1.165) is 18.9 Å². The van der Waals surface area contributed by atoms with E-state index in [1.165, 1.54) is 12.1 Å². The molecule has 1 aliphatic carbocycles. The van der Waals surface area contributed by atoms with Gasteiger partial charge in [-0.1, -0.05) is 0 Å². The molecule has 0 aliphatic heterocycles. The molecular weight excluding hydrogens is 203 g/mol. The molecule has 0 amide bonds. The van der Waals surface area contributed by atoms with Crippen LogP contribution in [0.3, 0.4) is 0 Å². The molecule has 1 aromatic rings. The third-order valence-electron chi connectivity index (χ3n) is 2.43. The first-order valence-electron chi connectivity index (χ1n) is 4.55. The van der Waals surface area contributed by atoms with Crippen LogP contribution in [0.4, 0.5) is 13.2 Å². The molecule has 0 N–H and O–H groups in total. The zero-order chi connectivity index (χ0) is 11.1. The number of alkyl halides is 3. The van der Waals surface area contributed by atoms with Crippen LogP contribution in [0.5, 0.6) is 0 Å². The SMILES string of the molecule is N#Cc1[c]cc(C2CC2)cc1C(F)(F)F. The van der Waals surface area contributed by atoms with E-state index in [9.17, 15) is 13.2 Å². The van der Waals surface area contributed by atoms with Crippen molar-refractivity contribution in [3.05, 3.63) is 34.9 Å². The summed E-state index contributed by atoms with van der Waals surface area (Å²) >= 11 is 0. The Balaban J connectivity index is 2.48. The van der Waals surface area contributed by atoms with E-state index < -0.39 is 17.3 Å². The summed E-state index contributed by atoms with van der Waals surface area (Å²) in [6, 6.07) is 6.48. The van der Waals surface area contributed by atoms with E-state index in [2.05, 4.69) is 6.07 Å². The van der Waals surface area contributed by atoms with Crippen LogP contribution >= 0.6 is 0 Å². The summed E-state index contributed by atoms with van der Waals surface area (Å²) in [6.45, 7) is 0. The molecule has 1 nitrogen and oxygen atoms in total. The Kier molecular flexibility index (Phi) is 2.18. The van der Waals surface area contributed by atoms with Crippen molar-refractivity contribution in [2.75, 3.05) is 0 Å². The van der Waals surface area contributed by atoms with E-state index in [-0.39, 0.29) is 5.92 Å². The van der Waals surface area contributed by atoms with Crippen LogP contribution in [-0.4, -0.2) is 0 Å². The minimum absolute atomic E-state index is 0.232. The second-order valence-corrected chi connectivity index (χ2v) is 3.61. The standard InChI is InChI=1S/C11H7F3N/c12-11(13,14)10-5-8(7-1-2-7)3-4-9(10)6-15/h3,5,7H,1-2H2. The minimum Gasteiger partial charge on any atom is -0.192 e. The normalized spacial score (nSPS) is 16.1. The molecule has 4 heteroatoms. The number of nitrogens with zero attached hydrogens (tertiary/aromatic N) is 1. The third-order valence-corrected chi connectivity index (χ3v) is 2.43. The summed E-state index contributed by atoms with van der Waals surface area (Å²) in [6.07, 6.45) is -2.61. The molecule has 0 spiro atoms. The van der Waals surface area contributed by atoms with Crippen LogP contribution in [-0.2, 0) is 6.18 Å². The summed E-state index contributed by atoms with van der Waals surface area (Å²) in [5.74, 6) is 0.232. The summed E-state index contributed by atoms with van der Waals surface area (Å²) < 4.78 is 37.6. The van der Waals surface area contributed by atoms with Crippen molar-refractivity contribution in [2.45, 2.75) is 24.9 Å². The van der Waals surface area contributed by atoms with Gasteiger partial charge < -0.3 is 0 Å². The molecule has 1 aliphatic rings. The molecular formula is C11H7F3N. The molecule has 0 atom stereocenters. The molecule has 2 rings (SSSR count). The Labute approximate surface area is 85.1 Å². The second kappa shape index (κ2) is 3.27. The first-order chi connectivity index (χ1) is 7.02. The molecule has 0 unspecified atom stereocenters. The summed E-state index contributed by atoms with van der Waals surface area (Å²) in [4.78, 5) is 0. The molecule has 1 fully saturated rings. The Morgan fingerprint density at radius 3 is 2.53 bits per heavy atom. The Hall–Kier alpha value is -1.50. The van der Waals surface area contributed by atoms with Crippen molar-refractivity contribution in [1.29, 1.82) is 5.26 Å². The number of hydrogen-bond donors (Lipinski definition) is 0. The van der Waals surface area contributed by atoms with Gasteiger partial charge in [0.2, 0.25) is 0 Å². The zero-order valence-corrected chi connectivity index (χ0v) is 7.73. The number of hydrogen-bond acceptors (Lipinski definition) is 1. The maximum atomic E-state index is 12.5.